The molecule has 0 aliphatic carbocycles. The minimum atomic E-state index is -4.45. The molecule has 2 unspecified atom stereocenters. The fraction of sp³-hybridized carbons (Fsp3) is 0.400. The Morgan fingerprint density at radius 3 is 2.41 bits per heavy atom. The summed E-state index contributed by atoms with van der Waals surface area (Å²) in [6.07, 6.45) is -3.44. The van der Waals surface area contributed by atoms with Gasteiger partial charge in [-0.25, -0.2) is 8.78 Å². The molecule has 154 valence electrons. The van der Waals surface area contributed by atoms with Gasteiger partial charge in [-0.3, -0.25) is 15.1 Å². The summed E-state index contributed by atoms with van der Waals surface area (Å²) in [5.41, 5.74) is -1.13. The van der Waals surface area contributed by atoms with Gasteiger partial charge in [0.2, 0.25) is 5.91 Å². The molecule has 2 aliphatic heterocycles. The summed E-state index contributed by atoms with van der Waals surface area (Å²) in [6.45, 7) is 0.396. The zero-order chi connectivity index (χ0) is 21.0. The zero-order valence-corrected chi connectivity index (χ0v) is 15.4. The van der Waals surface area contributed by atoms with Gasteiger partial charge in [0, 0.05) is 26.2 Å². The van der Waals surface area contributed by atoms with Crippen molar-refractivity contribution in [1.82, 2.24) is 15.2 Å². The van der Waals surface area contributed by atoms with Crippen molar-refractivity contribution >= 4 is 5.91 Å². The number of pyridine rings is 1. The highest BCUT2D eigenvalue weighted by atomic mass is 19.4. The number of rotatable bonds is 2. The maximum absolute atomic E-state index is 14.8. The first kappa shape index (κ1) is 19.8. The third-order valence-corrected chi connectivity index (χ3v) is 5.63. The van der Waals surface area contributed by atoms with Gasteiger partial charge in [-0.15, -0.1) is 0 Å². The number of carbonyl (C=O) groups excluding carboxylic acids is 1. The molecule has 1 N–H and O–H groups in total. The van der Waals surface area contributed by atoms with Crippen LogP contribution in [0.15, 0.2) is 42.6 Å². The number of hydrogen-bond donors (Lipinski definition) is 1. The molecule has 1 amide bonds. The number of benzene rings is 1. The highest BCUT2D eigenvalue weighted by Crippen LogP contribution is 2.48. The lowest BCUT2D eigenvalue weighted by Crippen LogP contribution is -2.47. The average molecular weight is 411 g/mol. The Balaban J connectivity index is 1.64. The predicted octanol–water partition coefficient (Wildman–Crippen LogP) is 4.04. The Morgan fingerprint density at radius 2 is 1.83 bits per heavy atom. The molecule has 29 heavy (non-hydrogen) atoms. The lowest BCUT2D eigenvalue weighted by molar-refractivity contribution is -0.137. The van der Waals surface area contributed by atoms with Crippen LogP contribution in [0.1, 0.15) is 30.1 Å². The first-order chi connectivity index (χ1) is 13.5. The molecule has 2 atom stereocenters. The Kier molecular flexibility index (Phi) is 4.41. The van der Waals surface area contributed by atoms with Gasteiger partial charge in [0.1, 0.15) is 11.6 Å². The van der Waals surface area contributed by atoms with Crippen LogP contribution in [0.4, 0.5) is 22.0 Å². The van der Waals surface area contributed by atoms with Crippen molar-refractivity contribution in [2.24, 2.45) is 0 Å². The van der Waals surface area contributed by atoms with E-state index in [0.29, 0.717) is 17.7 Å². The molecule has 3 heterocycles. The fourth-order valence-corrected chi connectivity index (χ4v) is 4.10. The molecular weight excluding hydrogens is 393 g/mol. The highest BCUT2D eigenvalue weighted by Gasteiger charge is 2.62. The second kappa shape index (κ2) is 6.48. The van der Waals surface area contributed by atoms with Crippen LogP contribution in [0.2, 0.25) is 0 Å². The van der Waals surface area contributed by atoms with E-state index < -0.39 is 35.7 Å². The molecule has 4 nitrogen and oxygen atoms in total. The monoisotopic (exact) mass is 411 g/mol. The van der Waals surface area contributed by atoms with Crippen LogP contribution < -0.4 is 5.32 Å². The van der Waals surface area contributed by atoms with Crippen molar-refractivity contribution in [2.45, 2.75) is 36.5 Å². The lowest BCUT2D eigenvalue weighted by Gasteiger charge is -2.22. The Morgan fingerprint density at radius 1 is 1.14 bits per heavy atom. The Labute approximate surface area is 163 Å². The Hall–Kier alpha value is -2.55. The number of carbonyl (C=O) groups is 1. The zero-order valence-electron chi connectivity index (χ0n) is 15.4. The van der Waals surface area contributed by atoms with Crippen LogP contribution in [0.25, 0.3) is 11.1 Å². The SMILES string of the molecule is CN1CCC2(CC(F)(F)C(c3cc(-c4ccc(C(F)(F)F)cc4)ccn3)N2)C1=O. The van der Waals surface area contributed by atoms with Crippen molar-refractivity contribution in [3.63, 3.8) is 0 Å². The molecule has 1 aromatic heterocycles. The summed E-state index contributed by atoms with van der Waals surface area (Å²) in [4.78, 5) is 17.9. The van der Waals surface area contributed by atoms with E-state index in [-0.39, 0.29) is 18.0 Å². The summed E-state index contributed by atoms with van der Waals surface area (Å²) in [6, 6.07) is 5.99. The number of nitrogens with zero attached hydrogens (tertiary/aromatic N) is 2. The van der Waals surface area contributed by atoms with Crippen LogP contribution in [-0.4, -0.2) is 40.8 Å². The minimum absolute atomic E-state index is 0.0478. The largest absolute Gasteiger partial charge is 0.416 e. The normalized spacial score (nSPS) is 26.5. The van der Waals surface area contributed by atoms with Gasteiger partial charge in [0.15, 0.2) is 0 Å². The van der Waals surface area contributed by atoms with Gasteiger partial charge in [-0.05, 0) is 41.8 Å². The van der Waals surface area contributed by atoms with Gasteiger partial charge >= 0.3 is 6.18 Å². The topological polar surface area (TPSA) is 45.2 Å². The number of aromatic nitrogens is 1. The lowest BCUT2D eigenvalue weighted by atomic mass is 9.94. The van der Waals surface area contributed by atoms with E-state index in [0.717, 1.165) is 12.1 Å². The van der Waals surface area contributed by atoms with Crippen molar-refractivity contribution in [3.05, 3.63) is 53.9 Å². The number of alkyl halides is 5. The smallest absolute Gasteiger partial charge is 0.344 e. The molecule has 2 fully saturated rings. The molecule has 0 bridgehead atoms. The maximum Gasteiger partial charge on any atom is 0.416 e. The minimum Gasteiger partial charge on any atom is -0.344 e. The molecule has 1 aromatic carbocycles. The van der Waals surface area contributed by atoms with Crippen molar-refractivity contribution in [2.75, 3.05) is 13.6 Å². The molecule has 2 aromatic rings. The standard InChI is InChI=1S/C20H18F5N3O/c1-28-9-7-18(17(28)29)11-19(21,22)16(27-18)15-10-13(6-8-26-15)12-2-4-14(5-3-12)20(23,24)25/h2-6,8,10,16,27H,7,9,11H2,1H3. The number of halogens is 5. The third-order valence-electron chi connectivity index (χ3n) is 5.63. The van der Waals surface area contributed by atoms with Gasteiger partial charge in [-0.2, -0.15) is 13.2 Å². The van der Waals surface area contributed by atoms with Crippen LogP contribution in [0.3, 0.4) is 0 Å². The first-order valence-electron chi connectivity index (χ1n) is 9.07. The Bertz CT molecular complexity index is 944. The quantitative estimate of drug-likeness (QED) is 0.759. The fourth-order valence-electron chi connectivity index (χ4n) is 4.10. The highest BCUT2D eigenvalue weighted by molar-refractivity contribution is 5.89. The summed E-state index contributed by atoms with van der Waals surface area (Å²) in [5.74, 6) is -3.55. The number of hydrogen-bond acceptors (Lipinski definition) is 3. The second-order valence-electron chi connectivity index (χ2n) is 7.62. The van der Waals surface area contributed by atoms with E-state index in [1.54, 1.807) is 13.1 Å². The van der Waals surface area contributed by atoms with E-state index in [1.165, 1.54) is 29.3 Å². The molecular formula is C20H18F5N3O. The van der Waals surface area contributed by atoms with Crippen molar-refractivity contribution in [3.8, 4) is 11.1 Å². The van der Waals surface area contributed by atoms with E-state index in [2.05, 4.69) is 10.3 Å². The number of amides is 1. The number of nitrogens with one attached hydrogen (secondary N) is 1. The van der Waals surface area contributed by atoms with Crippen molar-refractivity contribution < 1.29 is 26.7 Å². The molecule has 0 radical (unpaired) electrons. The number of likely N-dealkylation sites (N-methyl/N-ethyl adjacent to an activating group) is 1. The van der Waals surface area contributed by atoms with Gasteiger partial charge in [0.25, 0.3) is 5.92 Å². The summed E-state index contributed by atoms with van der Waals surface area (Å²) >= 11 is 0. The summed E-state index contributed by atoms with van der Waals surface area (Å²) < 4.78 is 67.9. The first-order valence-corrected chi connectivity index (χ1v) is 9.07. The molecule has 2 saturated heterocycles. The third kappa shape index (κ3) is 3.37. The summed E-state index contributed by atoms with van der Waals surface area (Å²) in [7, 11) is 1.58. The molecule has 4 rings (SSSR count). The number of likely N-dealkylation sites (tertiary alicyclic amines) is 1. The molecule has 9 heteroatoms. The van der Waals surface area contributed by atoms with Crippen LogP contribution in [-0.2, 0) is 11.0 Å². The molecule has 2 aliphatic rings. The van der Waals surface area contributed by atoms with Gasteiger partial charge in [-0.1, -0.05) is 12.1 Å². The van der Waals surface area contributed by atoms with Gasteiger partial charge in [0.05, 0.1) is 11.3 Å². The van der Waals surface area contributed by atoms with Crippen LogP contribution in [0.5, 0.6) is 0 Å². The van der Waals surface area contributed by atoms with E-state index >= 15 is 0 Å². The predicted molar refractivity (Wildman–Crippen MR) is 95.1 cm³/mol. The molecule has 1 spiro atoms. The van der Waals surface area contributed by atoms with E-state index in [9.17, 15) is 26.7 Å². The molecule has 0 saturated carbocycles. The maximum atomic E-state index is 14.8. The van der Waals surface area contributed by atoms with Gasteiger partial charge < -0.3 is 4.90 Å². The average Bonchev–Trinajstić information content (AvgIpc) is 3.11. The summed E-state index contributed by atoms with van der Waals surface area (Å²) in [5, 5.41) is 2.81. The van der Waals surface area contributed by atoms with E-state index in [4.69, 9.17) is 0 Å². The van der Waals surface area contributed by atoms with Crippen LogP contribution >= 0.6 is 0 Å². The van der Waals surface area contributed by atoms with Crippen LogP contribution in [0, 0.1) is 0 Å². The van der Waals surface area contributed by atoms with Crippen molar-refractivity contribution in [1.29, 1.82) is 0 Å². The second-order valence-corrected chi connectivity index (χ2v) is 7.62. The van der Waals surface area contributed by atoms with E-state index in [1.807, 2.05) is 0 Å².